The number of nitrogens with zero attached hydrogens (tertiary/aromatic N) is 1. The summed E-state index contributed by atoms with van der Waals surface area (Å²) in [4.78, 5) is 0.345. The molecule has 0 saturated heterocycles. The number of nitrogens with one attached hydrogen (secondary N) is 1. The molecule has 7 heteroatoms. The zero-order valence-electron chi connectivity index (χ0n) is 9.70. The van der Waals surface area contributed by atoms with Crippen molar-refractivity contribution in [3.8, 4) is 11.8 Å². The number of aromatic hydroxyl groups is 1. The third-order valence-electron chi connectivity index (χ3n) is 2.33. The van der Waals surface area contributed by atoms with E-state index >= 15 is 0 Å². The highest BCUT2D eigenvalue weighted by molar-refractivity contribution is 7.91. The zero-order chi connectivity index (χ0) is 13.9. The first-order valence-electron chi connectivity index (χ1n) is 5.29. The number of sulfonamides is 1. The van der Waals surface area contributed by atoms with Crippen LogP contribution in [0.5, 0.6) is 5.75 Å². The lowest BCUT2D eigenvalue weighted by Gasteiger charge is -2.05. The van der Waals surface area contributed by atoms with Gasteiger partial charge in [0.25, 0.3) is 0 Å². The van der Waals surface area contributed by atoms with Crippen LogP contribution in [-0.2, 0) is 16.6 Å². The van der Waals surface area contributed by atoms with Crippen LogP contribution in [-0.4, -0.2) is 13.5 Å². The van der Waals surface area contributed by atoms with Gasteiger partial charge in [0.1, 0.15) is 20.9 Å². The van der Waals surface area contributed by atoms with Crippen molar-refractivity contribution in [2.24, 2.45) is 0 Å². The van der Waals surface area contributed by atoms with Crippen LogP contribution in [0.1, 0.15) is 10.4 Å². The van der Waals surface area contributed by atoms with Crippen LogP contribution in [0.25, 0.3) is 0 Å². The largest absolute Gasteiger partial charge is 0.508 e. The molecular weight excluding hydrogens is 284 g/mol. The van der Waals surface area contributed by atoms with Gasteiger partial charge in [-0.1, -0.05) is 12.1 Å². The van der Waals surface area contributed by atoms with Crippen molar-refractivity contribution in [1.29, 1.82) is 5.26 Å². The highest BCUT2D eigenvalue weighted by atomic mass is 32.2. The second kappa shape index (κ2) is 5.40. The van der Waals surface area contributed by atoms with Crippen molar-refractivity contribution in [3.05, 3.63) is 46.8 Å². The van der Waals surface area contributed by atoms with Crippen molar-refractivity contribution < 1.29 is 13.5 Å². The van der Waals surface area contributed by atoms with Crippen LogP contribution in [0.15, 0.2) is 40.6 Å². The summed E-state index contributed by atoms with van der Waals surface area (Å²) in [5.41, 5.74) is 0.653. The molecule has 0 amide bonds. The van der Waals surface area contributed by atoms with Gasteiger partial charge >= 0.3 is 0 Å². The van der Waals surface area contributed by atoms with Gasteiger partial charge in [-0.05, 0) is 29.8 Å². The van der Waals surface area contributed by atoms with Gasteiger partial charge in [-0.3, -0.25) is 0 Å². The maximum atomic E-state index is 11.9. The number of rotatable bonds is 4. The second-order valence-corrected chi connectivity index (χ2v) is 6.80. The molecule has 0 unspecified atom stereocenters. The molecule has 0 spiro atoms. The van der Waals surface area contributed by atoms with Crippen molar-refractivity contribution in [2.45, 2.75) is 10.8 Å². The van der Waals surface area contributed by atoms with Gasteiger partial charge in [0.2, 0.25) is 10.0 Å². The average molecular weight is 294 g/mol. The van der Waals surface area contributed by atoms with E-state index in [1.807, 2.05) is 6.07 Å². The minimum absolute atomic E-state index is 0.0799. The lowest BCUT2D eigenvalue weighted by Crippen LogP contribution is -2.22. The van der Waals surface area contributed by atoms with Crippen LogP contribution in [0, 0.1) is 11.3 Å². The van der Waals surface area contributed by atoms with Gasteiger partial charge in [0, 0.05) is 6.54 Å². The molecule has 1 aromatic carbocycles. The van der Waals surface area contributed by atoms with Crippen molar-refractivity contribution in [3.63, 3.8) is 0 Å². The Morgan fingerprint density at radius 1 is 1.32 bits per heavy atom. The van der Waals surface area contributed by atoms with Crippen molar-refractivity contribution in [1.82, 2.24) is 4.72 Å². The molecule has 0 aliphatic carbocycles. The number of phenolic OH excluding ortho intramolecular Hbond substituents is 1. The maximum Gasteiger partial charge on any atom is 0.250 e. The summed E-state index contributed by atoms with van der Waals surface area (Å²) >= 11 is 0.917. The second-order valence-electron chi connectivity index (χ2n) is 3.72. The van der Waals surface area contributed by atoms with E-state index < -0.39 is 10.0 Å². The number of nitriles is 1. The molecule has 2 N–H and O–H groups in total. The normalized spacial score (nSPS) is 11.1. The summed E-state index contributed by atoms with van der Waals surface area (Å²) in [7, 11) is -3.62. The Labute approximate surface area is 114 Å². The molecule has 2 aromatic rings. The number of benzene rings is 1. The lowest BCUT2D eigenvalue weighted by molar-refractivity contribution is 0.474. The highest BCUT2D eigenvalue weighted by Crippen LogP contribution is 2.21. The van der Waals surface area contributed by atoms with Crippen LogP contribution < -0.4 is 4.72 Å². The number of hydrogen-bond donors (Lipinski definition) is 2. The third kappa shape index (κ3) is 3.32. The smallest absolute Gasteiger partial charge is 0.250 e. The van der Waals surface area contributed by atoms with E-state index in [4.69, 9.17) is 5.26 Å². The standard InChI is InChI=1S/C12H10N2O3S2/c13-7-11-4-5-12(18-11)19(16,17)14-8-9-2-1-3-10(15)6-9/h1-6,14-15H,8H2. The molecule has 0 atom stereocenters. The fourth-order valence-corrected chi connectivity index (χ4v) is 3.61. The minimum Gasteiger partial charge on any atom is -0.508 e. The predicted octanol–water partition coefficient (Wildman–Crippen LogP) is 1.80. The highest BCUT2D eigenvalue weighted by Gasteiger charge is 2.16. The van der Waals surface area contributed by atoms with E-state index in [9.17, 15) is 13.5 Å². The van der Waals surface area contributed by atoms with Crippen molar-refractivity contribution >= 4 is 21.4 Å². The first kappa shape index (κ1) is 13.5. The van der Waals surface area contributed by atoms with Crippen LogP contribution in [0.4, 0.5) is 0 Å². The van der Waals surface area contributed by atoms with Gasteiger partial charge in [-0.25, -0.2) is 13.1 Å². The molecule has 0 aliphatic heterocycles. The fraction of sp³-hybridized carbons (Fsp3) is 0.0833. The Bertz CT molecular complexity index is 729. The van der Waals surface area contributed by atoms with Crippen LogP contribution >= 0.6 is 11.3 Å². The van der Waals surface area contributed by atoms with E-state index in [0.29, 0.717) is 10.4 Å². The summed E-state index contributed by atoms with van der Waals surface area (Å²) in [5.74, 6) is 0.0830. The molecule has 98 valence electrons. The molecule has 1 aromatic heterocycles. The SMILES string of the molecule is N#Cc1ccc(S(=O)(=O)NCc2cccc(O)c2)s1. The molecule has 0 fully saturated rings. The van der Waals surface area contributed by atoms with Gasteiger partial charge in [-0.2, -0.15) is 5.26 Å². The van der Waals surface area contributed by atoms with Crippen LogP contribution in [0.3, 0.4) is 0 Å². The molecule has 0 radical (unpaired) electrons. The molecule has 19 heavy (non-hydrogen) atoms. The molecule has 5 nitrogen and oxygen atoms in total. The van der Waals surface area contributed by atoms with Gasteiger partial charge in [0.15, 0.2) is 0 Å². The molecule has 0 saturated carbocycles. The Balaban J connectivity index is 2.12. The summed E-state index contributed by atoms with van der Waals surface area (Å²) < 4.78 is 26.4. The Morgan fingerprint density at radius 2 is 2.11 bits per heavy atom. The van der Waals surface area contributed by atoms with E-state index in [1.165, 1.54) is 24.3 Å². The quantitative estimate of drug-likeness (QED) is 0.899. The Hall–Kier alpha value is -1.88. The number of phenols is 1. The van der Waals surface area contributed by atoms with Gasteiger partial charge < -0.3 is 5.11 Å². The van der Waals surface area contributed by atoms with Gasteiger partial charge in [-0.15, -0.1) is 11.3 Å². The predicted molar refractivity (Wildman–Crippen MR) is 71.2 cm³/mol. The molecule has 0 bridgehead atoms. The monoisotopic (exact) mass is 294 g/mol. The molecular formula is C12H10N2O3S2. The first-order chi connectivity index (χ1) is 9.01. The Kier molecular flexibility index (Phi) is 3.85. The minimum atomic E-state index is -3.62. The number of thiophene rings is 1. The molecule has 2 rings (SSSR count). The fourth-order valence-electron chi connectivity index (χ4n) is 1.44. The van der Waals surface area contributed by atoms with E-state index in [2.05, 4.69) is 4.72 Å². The summed E-state index contributed by atoms with van der Waals surface area (Å²) in [6.07, 6.45) is 0. The molecule has 1 heterocycles. The van der Waals surface area contributed by atoms with Crippen LogP contribution in [0.2, 0.25) is 0 Å². The lowest BCUT2D eigenvalue weighted by atomic mass is 10.2. The van der Waals surface area contributed by atoms with E-state index in [0.717, 1.165) is 11.3 Å². The maximum absolute atomic E-state index is 11.9. The summed E-state index contributed by atoms with van der Waals surface area (Å²) in [6, 6.07) is 11.1. The van der Waals surface area contributed by atoms with Gasteiger partial charge in [0.05, 0.1) is 0 Å². The summed E-state index contributed by atoms with van der Waals surface area (Å²) in [6.45, 7) is 0.0799. The van der Waals surface area contributed by atoms with Crippen molar-refractivity contribution in [2.75, 3.05) is 0 Å². The Morgan fingerprint density at radius 3 is 2.74 bits per heavy atom. The molecule has 0 aliphatic rings. The average Bonchev–Trinajstić information content (AvgIpc) is 2.86. The van der Waals surface area contributed by atoms with E-state index in [1.54, 1.807) is 12.1 Å². The van der Waals surface area contributed by atoms with E-state index in [-0.39, 0.29) is 16.5 Å². The third-order valence-corrected chi connectivity index (χ3v) is 5.22. The zero-order valence-corrected chi connectivity index (χ0v) is 11.3. The summed E-state index contributed by atoms with van der Waals surface area (Å²) in [5, 5.41) is 18.0. The topological polar surface area (TPSA) is 90.2 Å². The number of hydrogen-bond acceptors (Lipinski definition) is 5. The first-order valence-corrected chi connectivity index (χ1v) is 7.59.